The van der Waals surface area contributed by atoms with Crippen LogP contribution in [0.1, 0.15) is 102 Å². The van der Waals surface area contributed by atoms with E-state index < -0.39 is 10.4 Å². The predicted octanol–water partition coefficient (Wildman–Crippen LogP) is 6.41. The second-order valence-electron chi connectivity index (χ2n) is 7.28. The first-order chi connectivity index (χ1) is 12.9. The van der Waals surface area contributed by atoms with E-state index in [0.717, 1.165) is 0 Å². The van der Waals surface area contributed by atoms with Gasteiger partial charge in [0.2, 0.25) is 0 Å². The average Bonchev–Trinajstić information content (AvgIpc) is 2.61. The van der Waals surface area contributed by atoms with Crippen molar-refractivity contribution in [3.8, 4) is 0 Å². The quantitative estimate of drug-likeness (QED) is 0.194. The van der Waals surface area contributed by atoms with Crippen molar-refractivity contribution in [2.75, 3.05) is 0 Å². The second kappa shape index (κ2) is 21.8. The molecule has 0 amide bonds. The van der Waals surface area contributed by atoms with Crippen LogP contribution in [-0.4, -0.2) is 47.1 Å². The molecule has 0 aliphatic heterocycles. The van der Waals surface area contributed by atoms with Crippen LogP contribution in [0.25, 0.3) is 0 Å². The number of hydrogen-bond donors (Lipinski definition) is 2. The second-order valence-corrected chi connectivity index (χ2v) is 8.18. The van der Waals surface area contributed by atoms with Gasteiger partial charge in [0.05, 0.1) is 0 Å². The molecule has 1 rings (SSSR count). The van der Waals surface area contributed by atoms with Gasteiger partial charge in [0.25, 0.3) is 0 Å². The van der Waals surface area contributed by atoms with E-state index in [1.165, 1.54) is 102 Å². The zero-order chi connectivity index (χ0) is 20.2. The van der Waals surface area contributed by atoms with E-state index in [4.69, 9.17) is 17.5 Å². The Kier molecular flexibility index (Phi) is 23.6. The van der Waals surface area contributed by atoms with Crippen molar-refractivity contribution in [3.05, 3.63) is 35.9 Å². The van der Waals surface area contributed by atoms with Crippen molar-refractivity contribution in [3.63, 3.8) is 0 Å². The van der Waals surface area contributed by atoms with E-state index in [1.54, 1.807) is 0 Å². The molecule has 0 atom stereocenters. The third kappa shape index (κ3) is 28.3. The molecule has 6 heteroatoms. The molecule has 0 aliphatic carbocycles. The van der Waals surface area contributed by atoms with E-state index in [9.17, 15) is 0 Å². The number of benzene rings is 1. The molecule has 0 bridgehead atoms. The Hall–Kier alpha value is 0.0900. The Morgan fingerprint density at radius 3 is 1.32 bits per heavy atom. The first kappa shape index (κ1) is 30.3. The Morgan fingerprint density at radius 1 is 0.643 bits per heavy atom. The minimum absolute atomic E-state index is 0. The topological polar surface area (TPSA) is 74.6 Å². The molecule has 0 radical (unpaired) electrons. The number of hydrogen-bond acceptors (Lipinski definition) is 2. The molecule has 0 heterocycles. The molecule has 4 nitrogen and oxygen atoms in total. The van der Waals surface area contributed by atoms with Gasteiger partial charge in [-0.3, -0.25) is 9.11 Å². The molecular formula is C22H41NaO4S. The minimum atomic E-state index is -4.67. The van der Waals surface area contributed by atoms with Crippen LogP contribution in [0.2, 0.25) is 0 Å². The number of unbranched alkanes of at least 4 members (excludes halogenated alkanes) is 13. The SMILES string of the molecule is CCCCCCCCCCCCCCCCc1ccccc1.O=S(=O)(O)O.[NaH]. The van der Waals surface area contributed by atoms with Crippen molar-refractivity contribution in [1.29, 1.82) is 0 Å². The van der Waals surface area contributed by atoms with Gasteiger partial charge in [0, 0.05) is 0 Å². The van der Waals surface area contributed by atoms with Crippen molar-refractivity contribution < 1.29 is 17.5 Å². The van der Waals surface area contributed by atoms with Crippen LogP contribution in [-0.2, 0) is 16.8 Å². The molecule has 0 fully saturated rings. The molecule has 0 aliphatic rings. The summed E-state index contributed by atoms with van der Waals surface area (Å²) in [4.78, 5) is 0. The van der Waals surface area contributed by atoms with Gasteiger partial charge in [0.15, 0.2) is 0 Å². The maximum absolute atomic E-state index is 8.74. The first-order valence-corrected chi connectivity index (χ1v) is 12.1. The fraction of sp³-hybridized carbons (Fsp3) is 0.727. The average molecular weight is 425 g/mol. The summed E-state index contributed by atoms with van der Waals surface area (Å²) in [5.41, 5.74) is 1.50. The third-order valence-electron chi connectivity index (χ3n) is 4.66. The molecule has 28 heavy (non-hydrogen) atoms. The van der Waals surface area contributed by atoms with E-state index in [0.29, 0.717) is 0 Å². The van der Waals surface area contributed by atoms with Crippen LogP contribution in [0, 0.1) is 0 Å². The summed E-state index contributed by atoms with van der Waals surface area (Å²) in [7, 11) is -4.67. The van der Waals surface area contributed by atoms with Gasteiger partial charge in [-0.15, -0.1) is 0 Å². The van der Waals surface area contributed by atoms with E-state index >= 15 is 0 Å². The maximum atomic E-state index is 8.74. The monoisotopic (exact) mass is 424 g/mol. The molecule has 2 N–H and O–H groups in total. The fourth-order valence-electron chi connectivity index (χ4n) is 3.17. The van der Waals surface area contributed by atoms with Gasteiger partial charge < -0.3 is 0 Å². The Labute approximate surface area is 195 Å². The number of aryl methyl sites for hydroxylation is 1. The van der Waals surface area contributed by atoms with Gasteiger partial charge in [-0.05, 0) is 18.4 Å². The molecule has 1 aromatic rings. The van der Waals surface area contributed by atoms with Crippen molar-refractivity contribution in [2.45, 2.75) is 103 Å². The summed E-state index contributed by atoms with van der Waals surface area (Å²) in [5.74, 6) is 0. The van der Waals surface area contributed by atoms with Crippen LogP contribution in [0.3, 0.4) is 0 Å². The zero-order valence-corrected chi connectivity index (χ0v) is 17.9. The molecule has 0 spiro atoms. The fourth-order valence-corrected chi connectivity index (χ4v) is 3.17. The Bertz CT molecular complexity index is 513. The van der Waals surface area contributed by atoms with Crippen LogP contribution in [0.4, 0.5) is 0 Å². The molecular weight excluding hydrogens is 383 g/mol. The normalized spacial score (nSPS) is 10.7. The summed E-state index contributed by atoms with van der Waals surface area (Å²) in [6.07, 6.45) is 21.5. The van der Waals surface area contributed by atoms with Crippen LogP contribution in [0.5, 0.6) is 0 Å². The van der Waals surface area contributed by atoms with Crippen molar-refractivity contribution in [2.24, 2.45) is 0 Å². The van der Waals surface area contributed by atoms with Crippen LogP contribution in [0.15, 0.2) is 30.3 Å². The van der Waals surface area contributed by atoms with Crippen LogP contribution >= 0.6 is 0 Å². The van der Waals surface area contributed by atoms with Crippen LogP contribution < -0.4 is 0 Å². The zero-order valence-electron chi connectivity index (χ0n) is 17.1. The first-order valence-electron chi connectivity index (χ1n) is 10.7. The van der Waals surface area contributed by atoms with Gasteiger partial charge in [0.1, 0.15) is 0 Å². The molecule has 0 saturated carbocycles. The molecule has 0 aromatic heterocycles. The van der Waals surface area contributed by atoms with E-state index in [2.05, 4.69) is 37.3 Å². The van der Waals surface area contributed by atoms with Gasteiger partial charge in [-0.1, -0.05) is 121 Å². The van der Waals surface area contributed by atoms with E-state index in [1.807, 2.05) is 0 Å². The molecule has 0 saturated heterocycles. The summed E-state index contributed by atoms with van der Waals surface area (Å²) in [6, 6.07) is 10.9. The third-order valence-corrected chi connectivity index (χ3v) is 4.66. The van der Waals surface area contributed by atoms with Crippen molar-refractivity contribution >= 4 is 40.0 Å². The Balaban J connectivity index is 0. The summed E-state index contributed by atoms with van der Waals surface area (Å²) in [5, 5.41) is 0. The standard InChI is InChI=1S/C22H38.Na.H2O4S.H/c1-2-3-4-5-6-7-8-9-10-11-12-13-14-16-19-22-20-17-15-18-21-22;;1-5(2,3)4;/h15,17-18,20-21H,2-14,16,19H2,1H3;;(H2,1,2,3,4);. The molecule has 1 aromatic carbocycles. The molecule has 0 unspecified atom stereocenters. The predicted molar refractivity (Wildman–Crippen MR) is 122 cm³/mol. The van der Waals surface area contributed by atoms with Gasteiger partial charge in [-0.25, -0.2) is 0 Å². The van der Waals surface area contributed by atoms with E-state index in [-0.39, 0.29) is 29.6 Å². The number of rotatable bonds is 15. The van der Waals surface area contributed by atoms with Gasteiger partial charge >= 0.3 is 40.0 Å². The summed E-state index contributed by atoms with van der Waals surface area (Å²) >= 11 is 0. The van der Waals surface area contributed by atoms with Crippen molar-refractivity contribution in [1.82, 2.24) is 0 Å². The summed E-state index contributed by atoms with van der Waals surface area (Å²) < 4.78 is 31.6. The van der Waals surface area contributed by atoms with Gasteiger partial charge in [-0.2, -0.15) is 8.42 Å². The Morgan fingerprint density at radius 2 is 0.964 bits per heavy atom. The molecule has 160 valence electrons. The summed E-state index contributed by atoms with van der Waals surface area (Å²) in [6.45, 7) is 2.29.